The van der Waals surface area contributed by atoms with E-state index in [0.717, 1.165) is 5.56 Å². The van der Waals surface area contributed by atoms with Crippen molar-refractivity contribution in [3.8, 4) is 28.3 Å². The van der Waals surface area contributed by atoms with Gasteiger partial charge in [-0.3, -0.25) is 0 Å². The Morgan fingerprint density at radius 1 is 1.13 bits per heavy atom. The number of aromatic hydroxyl groups is 1. The van der Waals surface area contributed by atoms with Crippen LogP contribution < -0.4 is 5.69 Å². The number of hydrogen-bond acceptors (Lipinski definition) is 3. The number of rotatable bonds is 2. The van der Waals surface area contributed by atoms with Crippen molar-refractivity contribution in [1.82, 2.24) is 9.97 Å². The molecule has 0 amide bonds. The highest BCUT2D eigenvalue weighted by Crippen LogP contribution is 2.33. The van der Waals surface area contributed by atoms with Gasteiger partial charge in [0.15, 0.2) is 0 Å². The van der Waals surface area contributed by atoms with Crippen LogP contribution in [-0.2, 0) is 0 Å². The molecule has 116 valence electrons. The number of phenolic OH excluding ortho intramolecular Hbond substituents is 1. The highest BCUT2D eigenvalue weighted by atomic mass is 35.5. The average Bonchev–Trinajstić information content (AvgIpc) is 2.52. The van der Waals surface area contributed by atoms with Crippen LogP contribution in [-0.4, -0.2) is 15.1 Å². The summed E-state index contributed by atoms with van der Waals surface area (Å²) in [6, 6.07) is 12.0. The number of nitrogens with one attached hydrogen (secondary N) is 1. The maximum Gasteiger partial charge on any atom is 0.345 e. The van der Waals surface area contributed by atoms with Crippen molar-refractivity contribution in [2.24, 2.45) is 0 Å². The first kappa shape index (κ1) is 15.6. The number of aryl methyl sites for hydroxylation is 1. The van der Waals surface area contributed by atoms with Crippen molar-refractivity contribution in [2.75, 3.05) is 0 Å². The van der Waals surface area contributed by atoms with E-state index in [0.29, 0.717) is 32.6 Å². The van der Waals surface area contributed by atoms with Crippen LogP contribution in [0.1, 0.15) is 5.56 Å². The molecule has 23 heavy (non-hydrogen) atoms. The SMILES string of the molecule is Cc1cc(-c2cc(-c3cccc(Cl)c3Cl)[nH]c(=O)n2)ccc1O. The van der Waals surface area contributed by atoms with Gasteiger partial charge in [-0.15, -0.1) is 0 Å². The van der Waals surface area contributed by atoms with Crippen molar-refractivity contribution in [2.45, 2.75) is 6.92 Å². The summed E-state index contributed by atoms with van der Waals surface area (Å²) in [7, 11) is 0. The molecule has 4 nitrogen and oxygen atoms in total. The molecule has 1 aromatic heterocycles. The summed E-state index contributed by atoms with van der Waals surface area (Å²) in [6.45, 7) is 1.78. The van der Waals surface area contributed by atoms with Crippen LogP contribution in [0.4, 0.5) is 0 Å². The minimum absolute atomic E-state index is 0.191. The fraction of sp³-hybridized carbons (Fsp3) is 0.0588. The lowest BCUT2D eigenvalue weighted by Gasteiger charge is -2.08. The quantitative estimate of drug-likeness (QED) is 0.721. The van der Waals surface area contributed by atoms with Gasteiger partial charge in [0.2, 0.25) is 0 Å². The zero-order chi connectivity index (χ0) is 16.6. The van der Waals surface area contributed by atoms with Crippen molar-refractivity contribution in [1.29, 1.82) is 0 Å². The minimum atomic E-state index is -0.487. The molecule has 0 spiro atoms. The Bertz CT molecular complexity index is 952. The molecule has 3 aromatic rings. The van der Waals surface area contributed by atoms with Gasteiger partial charge in [-0.25, -0.2) is 4.79 Å². The molecule has 0 atom stereocenters. The number of H-pyrrole nitrogens is 1. The van der Waals surface area contributed by atoms with Crippen molar-refractivity contribution in [3.63, 3.8) is 0 Å². The van der Waals surface area contributed by atoms with Gasteiger partial charge in [-0.2, -0.15) is 4.98 Å². The van der Waals surface area contributed by atoms with Crippen LogP contribution in [0.15, 0.2) is 47.3 Å². The molecule has 0 saturated heterocycles. The van der Waals surface area contributed by atoms with Gasteiger partial charge < -0.3 is 10.1 Å². The van der Waals surface area contributed by atoms with E-state index in [-0.39, 0.29) is 5.75 Å². The number of aromatic nitrogens is 2. The highest BCUT2D eigenvalue weighted by molar-refractivity contribution is 6.43. The van der Waals surface area contributed by atoms with E-state index in [2.05, 4.69) is 9.97 Å². The molecule has 0 radical (unpaired) electrons. The lowest BCUT2D eigenvalue weighted by molar-refractivity contribution is 0.471. The van der Waals surface area contributed by atoms with Crippen LogP contribution in [0.5, 0.6) is 5.75 Å². The average molecular weight is 347 g/mol. The lowest BCUT2D eigenvalue weighted by Crippen LogP contribution is -2.12. The molecule has 0 aliphatic rings. The molecule has 1 heterocycles. The van der Waals surface area contributed by atoms with Gasteiger partial charge in [-0.1, -0.05) is 35.3 Å². The molecule has 0 unspecified atom stereocenters. The molecular weight excluding hydrogens is 335 g/mol. The van der Waals surface area contributed by atoms with Gasteiger partial charge in [0.05, 0.1) is 21.4 Å². The lowest BCUT2D eigenvalue weighted by atomic mass is 10.1. The largest absolute Gasteiger partial charge is 0.508 e. The number of phenols is 1. The maximum absolute atomic E-state index is 11.9. The fourth-order valence-electron chi connectivity index (χ4n) is 2.28. The zero-order valence-electron chi connectivity index (χ0n) is 12.1. The fourth-order valence-corrected chi connectivity index (χ4v) is 2.68. The summed E-state index contributed by atoms with van der Waals surface area (Å²) < 4.78 is 0. The third kappa shape index (κ3) is 3.09. The topological polar surface area (TPSA) is 66.0 Å². The molecule has 0 aliphatic carbocycles. The molecule has 2 aromatic carbocycles. The Labute approximate surface area is 142 Å². The Kier molecular flexibility index (Phi) is 4.11. The zero-order valence-corrected chi connectivity index (χ0v) is 13.6. The number of benzene rings is 2. The van der Waals surface area contributed by atoms with Gasteiger partial charge in [-0.05, 0) is 42.8 Å². The Hall–Kier alpha value is -2.30. The number of aromatic amines is 1. The Morgan fingerprint density at radius 2 is 1.91 bits per heavy atom. The molecule has 0 fully saturated rings. The number of halogens is 2. The summed E-state index contributed by atoms with van der Waals surface area (Å²) in [5.74, 6) is 0.191. The van der Waals surface area contributed by atoms with E-state index in [9.17, 15) is 9.90 Å². The molecule has 2 N–H and O–H groups in total. The minimum Gasteiger partial charge on any atom is -0.508 e. The summed E-state index contributed by atoms with van der Waals surface area (Å²) in [5.41, 5.74) is 2.58. The first-order chi connectivity index (χ1) is 11.0. The normalized spacial score (nSPS) is 10.7. The smallest absolute Gasteiger partial charge is 0.345 e. The Morgan fingerprint density at radius 3 is 2.65 bits per heavy atom. The van der Waals surface area contributed by atoms with E-state index in [1.165, 1.54) is 0 Å². The van der Waals surface area contributed by atoms with Crippen molar-refractivity contribution in [3.05, 3.63) is 68.6 Å². The summed E-state index contributed by atoms with van der Waals surface area (Å²) in [5, 5.41) is 10.4. The standard InChI is InChI=1S/C17H12Cl2N2O2/c1-9-7-10(5-6-15(9)22)13-8-14(21-17(23)20-13)11-3-2-4-12(18)16(11)19/h2-8,22H,1H3,(H,20,21,23). The van der Waals surface area contributed by atoms with Crippen molar-refractivity contribution >= 4 is 23.2 Å². The molecular formula is C17H12Cl2N2O2. The highest BCUT2D eigenvalue weighted by Gasteiger charge is 2.11. The number of nitrogens with zero attached hydrogens (tertiary/aromatic N) is 1. The summed E-state index contributed by atoms with van der Waals surface area (Å²) in [4.78, 5) is 18.6. The van der Waals surface area contributed by atoms with Crippen LogP contribution in [0, 0.1) is 6.92 Å². The van der Waals surface area contributed by atoms with E-state index in [4.69, 9.17) is 23.2 Å². The van der Waals surface area contributed by atoms with E-state index in [1.54, 1.807) is 49.4 Å². The molecule has 6 heteroatoms. The molecule has 3 rings (SSSR count). The summed E-state index contributed by atoms with van der Waals surface area (Å²) >= 11 is 12.2. The van der Waals surface area contributed by atoms with Crippen LogP contribution in [0.2, 0.25) is 10.0 Å². The monoisotopic (exact) mass is 346 g/mol. The van der Waals surface area contributed by atoms with E-state index >= 15 is 0 Å². The second kappa shape index (κ2) is 6.07. The van der Waals surface area contributed by atoms with Gasteiger partial charge >= 0.3 is 5.69 Å². The van der Waals surface area contributed by atoms with Gasteiger partial charge in [0, 0.05) is 11.1 Å². The molecule has 0 aliphatic heterocycles. The van der Waals surface area contributed by atoms with Crippen LogP contribution in [0.3, 0.4) is 0 Å². The van der Waals surface area contributed by atoms with Gasteiger partial charge in [0.25, 0.3) is 0 Å². The van der Waals surface area contributed by atoms with Crippen LogP contribution >= 0.6 is 23.2 Å². The van der Waals surface area contributed by atoms with E-state index < -0.39 is 5.69 Å². The second-order valence-corrected chi connectivity index (χ2v) is 5.87. The summed E-state index contributed by atoms with van der Waals surface area (Å²) in [6.07, 6.45) is 0. The molecule has 0 saturated carbocycles. The van der Waals surface area contributed by atoms with Gasteiger partial charge in [0.1, 0.15) is 5.75 Å². The third-order valence-electron chi connectivity index (χ3n) is 3.48. The molecule has 0 bridgehead atoms. The third-order valence-corrected chi connectivity index (χ3v) is 4.30. The predicted octanol–water partition coefficient (Wildman–Crippen LogP) is 4.42. The van der Waals surface area contributed by atoms with E-state index in [1.807, 2.05) is 0 Å². The number of hydrogen-bond donors (Lipinski definition) is 2. The predicted molar refractivity (Wildman–Crippen MR) is 92.2 cm³/mol. The Balaban J connectivity index is 2.18. The second-order valence-electron chi connectivity index (χ2n) is 5.09. The van der Waals surface area contributed by atoms with Crippen LogP contribution in [0.25, 0.3) is 22.5 Å². The maximum atomic E-state index is 11.9. The first-order valence-electron chi connectivity index (χ1n) is 6.81. The first-order valence-corrected chi connectivity index (χ1v) is 7.57. The van der Waals surface area contributed by atoms with Crippen molar-refractivity contribution < 1.29 is 5.11 Å².